The molecule has 1 fully saturated rings. The number of carbonyl (C=O) groups is 1. The van der Waals surface area contributed by atoms with Gasteiger partial charge in [0.2, 0.25) is 0 Å². The molecule has 6 nitrogen and oxygen atoms in total. The summed E-state index contributed by atoms with van der Waals surface area (Å²) in [6, 6.07) is 5.42. The van der Waals surface area contributed by atoms with E-state index in [1.54, 1.807) is 19.3 Å². The molecule has 0 spiro atoms. The highest BCUT2D eigenvalue weighted by Crippen LogP contribution is 2.20. The van der Waals surface area contributed by atoms with Crippen molar-refractivity contribution < 1.29 is 4.79 Å². The first-order valence-electron chi connectivity index (χ1n) is 7.53. The molecular formula is C16H20N4O2. The summed E-state index contributed by atoms with van der Waals surface area (Å²) >= 11 is 0. The van der Waals surface area contributed by atoms with E-state index in [2.05, 4.69) is 5.10 Å². The van der Waals surface area contributed by atoms with Gasteiger partial charge in [0.05, 0.1) is 12.6 Å². The summed E-state index contributed by atoms with van der Waals surface area (Å²) in [7, 11) is 1.69. The van der Waals surface area contributed by atoms with Gasteiger partial charge in [-0.05, 0) is 38.0 Å². The molecule has 1 saturated heterocycles. The average molecular weight is 300 g/mol. The Bertz CT molecular complexity index is 733. The molecule has 0 aromatic carbocycles. The van der Waals surface area contributed by atoms with Gasteiger partial charge in [0.1, 0.15) is 5.56 Å². The van der Waals surface area contributed by atoms with Gasteiger partial charge in [0.15, 0.2) is 0 Å². The van der Waals surface area contributed by atoms with Crippen LogP contribution in [0.2, 0.25) is 0 Å². The molecule has 3 heterocycles. The van der Waals surface area contributed by atoms with Crippen LogP contribution in [0.1, 0.15) is 28.9 Å². The van der Waals surface area contributed by atoms with Crippen molar-refractivity contribution in [2.75, 3.05) is 6.54 Å². The zero-order valence-electron chi connectivity index (χ0n) is 12.9. The summed E-state index contributed by atoms with van der Waals surface area (Å²) in [5.74, 6) is -0.171. The van der Waals surface area contributed by atoms with E-state index < -0.39 is 0 Å². The van der Waals surface area contributed by atoms with Gasteiger partial charge in [0, 0.05) is 31.7 Å². The fourth-order valence-electron chi connectivity index (χ4n) is 2.96. The van der Waals surface area contributed by atoms with E-state index in [1.165, 1.54) is 4.57 Å². The Kier molecular flexibility index (Phi) is 3.83. The van der Waals surface area contributed by atoms with Crippen LogP contribution in [0, 0.1) is 6.92 Å². The number of aromatic nitrogens is 3. The molecule has 22 heavy (non-hydrogen) atoms. The summed E-state index contributed by atoms with van der Waals surface area (Å²) in [5, 5.41) is 4.20. The van der Waals surface area contributed by atoms with Gasteiger partial charge >= 0.3 is 0 Å². The number of likely N-dealkylation sites (tertiary alicyclic amines) is 1. The Morgan fingerprint density at radius 3 is 2.95 bits per heavy atom. The van der Waals surface area contributed by atoms with Gasteiger partial charge in [-0.15, -0.1) is 0 Å². The van der Waals surface area contributed by atoms with Crippen LogP contribution in [0.5, 0.6) is 0 Å². The first-order valence-corrected chi connectivity index (χ1v) is 7.53. The van der Waals surface area contributed by atoms with Crippen LogP contribution in [0.25, 0.3) is 0 Å². The van der Waals surface area contributed by atoms with Crippen LogP contribution in [0.3, 0.4) is 0 Å². The van der Waals surface area contributed by atoms with E-state index in [-0.39, 0.29) is 23.1 Å². The zero-order valence-corrected chi connectivity index (χ0v) is 12.9. The standard InChI is InChI=1S/C16H20N4O2/c1-12-6-7-14(15(21)18(12)2)16(22)20-10-3-5-13(20)11-19-9-4-8-17-19/h4,6-9,13H,3,5,10-11H2,1-2H3/t13-/m1/s1. The number of amides is 1. The van der Waals surface area contributed by atoms with Crippen molar-refractivity contribution in [3.63, 3.8) is 0 Å². The zero-order chi connectivity index (χ0) is 15.7. The number of hydrogen-bond acceptors (Lipinski definition) is 3. The van der Waals surface area contributed by atoms with E-state index >= 15 is 0 Å². The minimum Gasteiger partial charge on any atom is -0.334 e. The van der Waals surface area contributed by atoms with Gasteiger partial charge in [-0.1, -0.05) is 0 Å². The van der Waals surface area contributed by atoms with Crippen molar-refractivity contribution in [2.45, 2.75) is 32.4 Å². The number of nitrogens with zero attached hydrogens (tertiary/aromatic N) is 4. The molecule has 0 aliphatic carbocycles. The van der Waals surface area contributed by atoms with Crippen LogP contribution < -0.4 is 5.56 Å². The van der Waals surface area contributed by atoms with Crippen molar-refractivity contribution in [3.05, 3.63) is 52.2 Å². The molecule has 6 heteroatoms. The lowest BCUT2D eigenvalue weighted by atomic mass is 10.2. The predicted molar refractivity (Wildman–Crippen MR) is 82.7 cm³/mol. The van der Waals surface area contributed by atoms with E-state index in [9.17, 15) is 9.59 Å². The highest BCUT2D eigenvalue weighted by molar-refractivity contribution is 5.94. The monoisotopic (exact) mass is 300 g/mol. The van der Waals surface area contributed by atoms with Gasteiger partial charge in [0.25, 0.3) is 11.5 Å². The number of aryl methyl sites for hydroxylation is 1. The molecule has 0 radical (unpaired) electrons. The van der Waals surface area contributed by atoms with E-state index in [1.807, 2.05) is 34.8 Å². The Hall–Kier alpha value is -2.37. The first kappa shape index (κ1) is 14.6. The smallest absolute Gasteiger partial charge is 0.263 e. The highest BCUT2D eigenvalue weighted by Gasteiger charge is 2.31. The molecule has 0 unspecified atom stereocenters. The lowest BCUT2D eigenvalue weighted by Gasteiger charge is -2.24. The topological polar surface area (TPSA) is 60.1 Å². The van der Waals surface area contributed by atoms with E-state index in [0.717, 1.165) is 18.5 Å². The van der Waals surface area contributed by atoms with Crippen molar-refractivity contribution in [1.82, 2.24) is 19.2 Å². The number of carbonyl (C=O) groups excluding carboxylic acids is 1. The number of hydrogen-bond donors (Lipinski definition) is 0. The predicted octanol–water partition coefficient (Wildman–Crippen LogP) is 1.20. The summed E-state index contributed by atoms with van der Waals surface area (Å²) in [6.07, 6.45) is 5.53. The summed E-state index contributed by atoms with van der Waals surface area (Å²) < 4.78 is 3.36. The molecule has 3 rings (SSSR count). The fraction of sp³-hybridized carbons (Fsp3) is 0.438. The SMILES string of the molecule is Cc1ccc(C(=O)N2CCC[C@@H]2Cn2cccn2)c(=O)n1C. The van der Waals surface area contributed by atoms with Crippen molar-refractivity contribution >= 4 is 5.91 Å². The Balaban J connectivity index is 1.85. The van der Waals surface area contributed by atoms with Crippen molar-refractivity contribution in [2.24, 2.45) is 7.05 Å². The largest absolute Gasteiger partial charge is 0.334 e. The van der Waals surface area contributed by atoms with Gasteiger partial charge in [-0.2, -0.15) is 5.10 Å². The normalized spacial score (nSPS) is 17.9. The van der Waals surface area contributed by atoms with Crippen LogP contribution >= 0.6 is 0 Å². The second kappa shape index (κ2) is 5.79. The molecule has 1 aliphatic rings. The molecule has 1 amide bonds. The maximum atomic E-state index is 12.8. The molecular weight excluding hydrogens is 280 g/mol. The quantitative estimate of drug-likeness (QED) is 0.855. The highest BCUT2D eigenvalue weighted by atomic mass is 16.2. The Morgan fingerprint density at radius 1 is 1.41 bits per heavy atom. The number of pyridine rings is 1. The first-order chi connectivity index (χ1) is 10.6. The summed E-state index contributed by atoms with van der Waals surface area (Å²) in [4.78, 5) is 26.9. The Morgan fingerprint density at radius 2 is 2.23 bits per heavy atom. The summed E-state index contributed by atoms with van der Waals surface area (Å²) in [5.41, 5.74) is 0.867. The Labute approximate surface area is 129 Å². The molecule has 116 valence electrons. The molecule has 0 N–H and O–H groups in total. The summed E-state index contributed by atoms with van der Waals surface area (Å²) in [6.45, 7) is 3.22. The van der Waals surface area contributed by atoms with Gasteiger partial charge in [-0.3, -0.25) is 14.3 Å². The third kappa shape index (κ3) is 2.56. The molecule has 1 aliphatic heterocycles. The molecule has 2 aromatic rings. The van der Waals surface area contributed by atoms with Crippen LogP contribution in [-0.2, 0) is 13.6 Å². The molecule has 2 aromatic heterocycles. The van der Waals surface area contributed by atoms with Crippen LogP contribution in [0.4, 0.5) is 0 Å². The second-order valence-electron chi connectivity index (χ2n) is 5.78. The van der Waals surface area contributed by atoms with Gasteiger partial charge < -0.3 is 9.47 Å². The average Bonchev–Trinajstić information content (AvgIpc) is 3.16. The second-order valence-corrected chi connectivity index (χ2v) is 5.78. The third-order valence-electron chi connectivity index (χ3n) is 4.38. The van der Waals surface area contributed by atoms with E-state index in [4.69, 9.17) is 0 Å². The minimum atomic E-state index is -0.227. The lowest BCUT2D eigenvalue weighted by Crippen LogP contribution is -2.41. The molecule has 0 saturated carbocycles. The minimum absolute atomic E-state index is 0.0957. The lowest BCUT2D eigenvalue weighted by molar-refractivity contribution is 0.0719. The molecule has 1 atom stereocenters. The maximum Gasteiger partial charge on any atom is 0.263 e. The number of rotatable bonds is 3. The van der Waals surface area contributed by atoms with Crippen LogP contribution in [0.15, 0.2) is 35.4 Å². The molecule has 0 bridgehead atoms. The maximum absolute atomic E-state index is 12.8. The van der Waals surface area contributed by atoms with Crippen molar-refractivity contribution in [3.8, 4) is 0 Å². The van der Waals surface area contributed by atoms with Crippen LogP contribution in [-0.4, -0.2) is 37.7 Å². The fourth-order valence-corrected chi connectivity index (χ4v) is 2.96. The van der Waals surface area contributed by atoms with Crippen molar-refractivity contribution in [1.29, 1.82) is 0 Å². The van der Waals surface area contributed by atoms with Gasteiger partial charge in [-0.25, -0.2) is 0 Å². The van der Waals surface area contributed by atoms with E-state index in [0.29, 0.717) is 13.1 Å². The third-order valence-corrected chi connectivity index (χ3v) is 4.38.